The van der Waals surface area contributed by atoms with E-state index < -0.39 is 16.0 Å². The molecule has 0 unspecified atom stereocenters. The number of nitrogens with one attached hydrogen (secondary N) is 1. The Morgan fingerprint density at radius 1 is 1.03 bits per heavy atom. The molecule has 0 radical (unpaired) electrons. The Morgan fingerprint density at radius 3 is 2.16 bits per heavy atom. The highest BCUT2D eigenvalue weighted by atomic mass is 32.2. The molecule has 2 aromatic rings. The zero-order valence-electron chi connectivity index (χ0n) is 18.4. The van der Waals surface area contributed by atoms with Gasteiger partial charge in [0.2, 0.25) is 10.0 Å². The summed E-state index contributed by atoms with van der Waals surface area (Å²) in [4.78, 5) is 13.7. The Bertz CT molecular complexity index is 953. The molecule has 0 fully saturated rings. The molecule has 0 atom stereocenters. The van der Waals surface area contributed by atoms with Crippen LogP contribution in [0.4, 0.5) is 5.69 Å². The van der Waals surface area contributed by atoms with Gasteiger partial charge in [0.25, 0.3) is 0 Å². The minimum Gasteiger partial charge on any atom is -0.478 e. The van der Waals surface area contributed by atoms with Gasteiger partial charge in [-0.3, -0.25) is 0 Å². The predicted octanol–water partition coefficient (Wildman–Crippen LogP) is 4.88. The van der Waals surface area contributed by atoms with E-state index in [0.29, 0.717) is 24.5 Å². The molecule has 0 aliphatic rings. The van der Waals surface area contributed by atoms with Crippen LogP contribution in [0.1, 0.15) is 56.8 Å². The normalized spacial score (nSPS) is 11.3. The fraction of sp³-hybridized carbons (Fsp3) is 0.435. The average molecular weight is 449 g/mol. The molecule has 2 aromatic carbocycles. The Kier molecular flexibility index (Phi) is 9.33. The summed E-state index contributed by atoms with van der Waals surface area (Å²) >= 11 is 0. The van der Waals surface area contributed by atoms with E-state index in [0.717, 1.165) is 25.7 Å². The van der Waals surface area contributed by atoms with Crippen molar-refractivity contribution in [3.05, 3.63) is 48.0 Å². The molecule has 2 N–H and O–H groups in total. The summed E-state index contributed by atoms with van der Waals surface area (Å²) in [6, 6.07) is 11.6. The summed E-state index contributed by atoms with van der Waals surface area (Å²) < 4.78 is 34.6. The quantitative estimate of drug-likeness (QED) is 0.453. The number of benzene rings is 2. The Hall–Kier alpha value is -2.58. The largest absolute Gasteiger partial charge is 0.478 e. The highest BCUT2D eigenvalue weighted by Crippen LogP contribution is 2.40. The van der Waals surface area contributed by atoms with Gasteiger partial charge in [-0.15, -0.1) is 0 Å². The number of rotatable bonds is 13. The van der Waals surface area contributed by atoms with Gasteiger partial charge in [0, 0.05) is 19.6 Å². The monoisotopic (exact) mass is 448 g/mol. The number of ether oxygens (including phenoxy) is 1. The van der Waals surface area contributed by atoms with Gasteiger partial charge in [0.05, 0.1) is 11.3 Å². The van der Waals surface area contributed by atoms with Crippen molar-refractivity contribution < 1.29 is 23.1 Å². The van der Waals surface area contributed by atoms with Gasteiger partial charge in [0.1, 0.15) is 10.6 Å². The molecule has 8 heteroatoms. The van der Waals surface area contributed by atoms with Crippen LogP contribution < -0.4 is 14.4 Å². The Morgan fingerprint density at radius 2 is 1.65 bits per heavy atom. The molecule has 0 aliphatic carbocycles. The molecule has 2 rings (SSSR count). The lowest BCUT2D eigenvalue weighted by Gasteiger charge is -2.28. The third kappa shape index (κ3) is 6.70. The van der Waals surface area contributed by atoms with Crippen LogP contribution in [0.5, 0.6) is 11.5 Å². The minimum atomic E-state index is -3.98. The van der Waals surface area contributed by atoms with Crippen LogP contribution in [0.25, 0.3) is 0 Å². The molecule has 0 spiro atoms. The van der Waals surface area contributed by atoms with Crippen LogP contribution in [0, 0.1) is 0 Å². The molecular formula is C23H32N2O5S. The molecular weight excluding hydrogens is 416 g/mol. The lowest BCUT2D eigenvalue weighted by atomic mass is 10.1. The summed E-state index contributed by atoms with van der Waals surface area (Å²) in [5.41, 5.74) is 0.381. The topological polar surface area (TPSA) is 95.9 Å². The highest BCUT2D eigenvalue weighted by molar-refractivity contribution is 7.89. The number of nitrogens with zero attached hydrogens (tertiary/aromatic N) is 1. The van der Waals surface area contributed by atoms with Crippen molar-refractivity contribution in [2.45, 2.75) is 51.3 Å². The maximum atomic E-state index is 13.0. The molecule has 31 heavy (non-hydrogen) atoms. The van der Waals surface area contributed by atoms with Crippen LogP contribution in [-0.2, 0) is 10.0 Å². The van der Waals surface area contributed by atoms with E-state index in [1.165, 1.54) is 12.1 Å². The van der Waals surface area contributed by atoms with Crippen LogP contribution in [-0.4, -0.2) is 39.1 Å². The molecule has 0 aliphatic heterocycles. The van der Waals surface area contributed by atoms with Gasteiger partial charge in [0.15, 0.2) is 5.75 Å². The van der Waals surface area contributed by atoms with Crippen molar-refractivity contribution in [3.8, 4) is 11.5 Å². The molecule has 170 valence electrons. The van der Waals surface area contributed by atoms with Crippen molar-refractivity contribution in [1.29, 1.82) is 0 Å². The summed E-state index contributed by atoms with van der Waals surface area (Å²) in [7, 11) is -3.98. The highest BCUT2D eigenvalue weighted by Gasteiger charge is 2.27. The van der Waals surface area contributed by atoms with E-state index in [1.807, 2.05) is 11.0 Å². The number of carbonyl (C=O) groups is 1. The minimum absolute atomic E-state index is 0.0927. The number of aromatic carboxylic acids is 1. The van der Waals surface area contributed by atoms with Gasteiger partial charge in [-0.2, -0.15) is 0 Å². The van der Waals surface area contributed by atoms with Crippen LogP contribution in [0.3, 0.4) is 0 Å². The lowest BCUT2D eigenvalue weighted by molar-refractivity contribution is 0.0696. The van der Waals surface area contributed by atoms with Gasteiger partial charge in [-0.05, 0) is 37.1 Å². The molecule has 0 heterocycles. The second kappa shape index (κ2) is 11.7. The van der Waals surface area contributed by atoms with Crippen molar-refractivity contribution in [1.82, 2.24) is 4.72 Å². The maximum absolute atomic E-state index is 13.0. The van der Waals surface area contributed by atoms with Crippen molar-refractivity contribution in [2.24, 2.45) is 0 Å². The first kappa shape index (κ1) is 24.7. The van der Waals surface area contributed by atoms with Crippen LogP contribution in [0.15, 0.2) is 47.4 Å². The third-order valence-electron chi connectivity index (χ3n) is 4.77. The van der Waals surface area contributed by atoms with Crippen LogP contribution >= 0.6 is 0 Å². The maximum Gasteiger partial charge on any atom is 0.335 e. The van der Waals surface area contributed by atoms with Crippen molar-refractivity contribution >= 4 is 21.7 Å². The van der Waals surface area contributed by atoms with Crippen LogP contribution in [0.2, 0.25) is 0 Å². The molecule has 0 saturated carbocycles. The number of para-hydroxylation sites is 1. The fourth-order valence-corrected chi connectivity index (χ4v) is 4.38. The summed E-state index contributed by atoms with van der Waals surface area (Å²) in [5, 5.41) is 9.67. The van der Waals surface area contributed by atoms with Gasteiger partial charge in [-0.1, -0.05) is 51.8 Å². The smallest absolute Gasteiger partial charge is 0.335 e. The number of hydrogen-bond donors (Lipinski definition) is 2. The second-order valence-electron chi connectivity index (χ2n) is 7.24. The van der Waals surface area contributed by atoms with Crippen molar-refractivity contribution in [3.63, 3.8) is 0 Å². The standard InChI is InChI=1S/C23H32N2O5S/c1-4-7-14-25(15-8-5-2)20-16-18(23(26)27)17-21(31(28,29)24-6-3)22(20)30-19-12-10-9-11-13-19/h9-13,16-17,24H,4-8,14-15H2,1-3H3,(H,26,27). The van der Waals surface area contributed by atoms with E-state index in [1.54, 1.807) is 31.2 Å². The van der Waals surface area contributed by atoms with E-state index in [4.69, 9.17) is 4.74 Å². The lowest BCUT2D eigenvalue weighted by Crippen LogP contribution is -2.28. The number of sulfonamides is 1. The van der Waals surface area contributed by atoms with Gasteiger partial charge < -0.3 is 14.7 Å². The molecule has 7 nitrogen and oxygen atoms in total. The molecule has 0 amide bonds. The van der Waals surface area contributed by atoms with Gasteiger partial charge >= 0.3 is 5.97 Å². The summed E-state index contributed by atoms with van der Waals surface area (Å²) in [6.07, 6.45) is 3.69. The number of hydrogen-bond acceptors (Lipinski definition) is 5. The Balaban J connectivity index is 2.76. The van der Waals surface area contributed by atoms with E-state index in [2.05, 4.69) is 18.6 Å². The second-order valence-corrected chi connectivity index (χ2v) is 8.97. The average Bonchev–Trinajstić information content (AvgIpc) is 2.74. The van der Waals surface area contributed by atoms with E-state index >= 15 is 0 Å². The molecule has 0 aromatic heterocycles. The SMILES string of the molecule is CCCCN(CCCC)c1cc(C(=O)O)cc(S(=O)(=O)NCC)c1Oc1ccccc1. The van der Waals surface area contributed by atoms with E-state index in [-0.39, 0.29) is 22.8 Å². The number of unbranched alkanes of at least 4 members (excludes halogenated alkanes) is 2. The fourth-order valence-electron chi connectivity index (χ4n) is 3.17. The number of anilines is 1. The first-order chi connectivity index (χ1) is 14.8. The predicted molar refractivity (Wildman–Crippen MR) is 123 cm³/mol. The van der Waals surface area contributed by atoms with E-state index in [9.17, 15) is 18.3 Å². The Labute approximate surface area is 185 Å². The summed E-state index contributed by atoms with van der Waals surface area (Å²) in [6.45, 7) is 7.35. The summed E-state index contributed by atoms with van der Waals surface area (Å²) in [5.74, 6) is -0.568. The molecule has 0 saturated heterocycles. The number of carboxylic acid groups (broad SMARTS) is 1. The first-order valence-corrected chi connectivity index (χ1v) is 12.2. The third-order valence-corrected chi connectivity index (χ3v) is 6.32. The van der Waals surface area contributed by atoms with Gasteiger partial charge in [-0.25, -0.2) is 17.9 Å². The van der Waals surface area contributed by atoms with Crippen molar-refractivity contribution in [2.75, 3.05) is 24.5 Å². The first-order valence-electron chi connectivity index (χ1n) is 10.7. The zero-order chi connectivity index (χ0) is 22.9. The zero-order valence-corrected chi connectivity index (χ0v) is 19.2. The molecule has 0 bridgehead atoms. The number of carboxylic acids is 1.